The van der Waals surface area contributed by atoms with Crippen molar-refractivity contribution in [1.29, 1.82) is 0 Å². The van der Waals surface area contributed by atoms with E-state index in [-0.39, 0.29) is 12.5 Å². The van der Waals surface area contributed by atoms with Gasteiger partial charge in [0.1, 0.15) is 29.1 Å². The molecule has 1 amide bonds. The molecule has 0 saturated carbocycles. The highest BCUT2D eigenvalue weighted by Gasteiger charge is 2.17. The zero-order chi connectivity index (χ0) is 24.7. The minimum absolute atomic E-state index is 0.0257. The number of hydrogen-bond acceptors (Lipinski definition) is 5. The van der Waals surface area contributed by atoms with Gasteiger partial charge in [-0.1, -0.05) is 24.3 Å². The summed E-state index contributed by atoms with van der Waals surface area (Å²) in [5.74, 6) is 1.45. The summed E-state index contributed by atoms with van der Waals surface area (Å²) < 4.78 is 31.0. The van der Waals surface area contributed by atoms with Gasteiger partial charge in [-0.05, 0) is 54.8 Å². The second-order valence-corrected chi connectivity index (χ2v) is 9.70. The molecule has 0 radical (unpaired) electrons. The van der Waals surface area contributed by atoms with Crippen molar-refractivity contribution >= 4 is 16.9 Å². The van der Waals surface area contributed by atoms with E-state index >= 15 is 0 Å². The van der Waals surface area contributed by atoms with Crippen LogP contribution in [0, 0.1) is 13.8 Å². The number of rotatable bonds is 11. The van der Waals surface area contributed by atoms with E-state index in [0.717, 1.165) is 38.7 Å². The molecule has 1 atom stereocenters. The SMILES string of the molecule is COc1cc(C)c(S(=O)N(C)CCOCC(=O)N(C)Cc2ccc(-c3ccco3)cc2)c(C)c1. The van der Waals surface area contributed by atoms with Gasteiger partial charge in [0.05, 0.1) is 24.9 Å². The first-order valence-electron chi connectivity index (χ1n) is 11.0. The van der Waals surface area contributed by atoms with Gasteiger partial charge in [0.15, 0.2) is 0 Å². The first-order chi connectivity index (χ1) is 16.3. The molecule has 0 N–H and O–H groups in total. The number of furan rings is 1. The number of ether oxygens (including phenoxy) is 2. The number of amides is 1. The van der Waals surface area contributed by atoms with Crippen LogP contribution in [-0.2, 0) is 27.1 Å². The summed E-state index contributed by atoms with van der Waals surface area (Å²) in [5.41, 5.74) is 3.84. The van der Waals surface area contributed by atoms with Crippen LogP contribution in [-0.4, -0.2) is 60.3 Å². The molecule has 3 aromatic rings. The monoisotopic (exact) mass is 484 g/mol. The summed E-state index contributed by atoms with van der Waals surface area (Å²) in [4.78, 5) is 14.9. The predicted octanol–water partition coefficient (Wildman–Crippen LogP) is 4.20. The van der Waals surface area contributed by atoms with E-state index in [9.17, 15) is 9.00 Å². The number of likely N-dealkylation sites (N-methyl/N-ethyl adjacent to an activating group) is 2. The molecule has 1 aromatic heterocycles. The van der Waals surface area contributed by atoms with Gasteiger partial charge in [-0.2, -0.15) is 0 Å². The Hall–Kier alpha value is -2.94. The smallest absolute Gasteiger partial charge is 0.248 e. The number of nitrogens with zero attached hydrogens (tertiary/aromatic N) is 2. The third-order valence-corrected chi connectivity index (χ3v) is 7.25. The Morgan fingerprint density at radius 1 is 1.06 bits per heavy atom. The molecule has 0 fully saturated rings. The fourth-order valence-corrected chi connectivity index (χ4v) is 4.81. The van der Waals surface area contributed by atoms with Crippen LogP contribution in [0.25, 0.3) is 11.3 Å². The maximum absolute atomic E-state index is 13.0. The Kier molecular flexibility index (Phi) is 9.04. The Morgan fingerprint density at radius 2 is 1.74 bits per heavy atom. The molecule has 2 aromatic carbocycles. The first kappa shape index (κ1) is 25.7. The fourth-order valence-electron chi connectivity index (χ4n) is 3.58. The Balaban J connectivity index is 1.43. The number of hydrogen-bond donors (Lipinski definition) is 0. The van der Waals surface area contributed by atoms with E-state index in [1.165, 1.54) is 0 Å². The molecule has 0 saturated heterocycles. The van der Waals surface area contributed by atoms with E-state index < -0.39 is 11.0 Å². The van der Waals surface area contributed by atoms with Gasteiger partial charge in [-0.15, -0.1) is 0 Å². The first-order valence-corrected chi connectivity index (χ1v) is 12.1. The fraction of sp³-hybridized carbons (Fsp3) is 0.346. The van der Waals surface area contributed by atoms with Gasteiger partial charge in [0.25, 0.3) is 0 Å². The lowest BCUT2D eigenvalue weighted by atomic mass is 10.1. The average molecular weight is 485 g/mol. The molecule has 0 aliphatic heterocycles. The largest absolute Gasteiger partial charge is 0.497 e. The van der Waals surface area contributed by atoms with Crippen LogP contribution >= 0.6 is 0 Å². The van der Waals surface area contributed by atoms with Gasteiger partial charge in [0.2, 0.25) is 5.91 Å². The minimum Gasteiger partial charge on any atom is -0.497 e. The number of benzene rings is 2. The molecule has 0 spiro atoms. The Morgan fingerprint density at radius 3 is 2.32 bits per heavy atom. The third-order valence-electron chi connectivity index (χ3n) is 5.51. The van der Waals surface area contributed by atoms with E-state index in [2.05, 4.69) is 0 Å². The van der Waals surface area contributed by atoms with E-state index in [0.29, 0.717) is 19.7 Å². The van der Waals surface area contributed by atoms with Crippen LogP contribution in [0.4, 0.5) is 0 Å². The maximum atomic E-state index is 13.0. The number of aryl methyl sites for hydroxylation is 2. The number of methoxy groups -OCH3 is 1. The van der Waals surface area contributed by atoms with E-state index in [1.54, 1.807) is 36.7 Å². The average Bonchev–Trinajstić information content (AvgIpc) is 3.36. The molecule has 182 valence electrons. The van der Waals surface area contributed by atoms with Crippen molar-refractivity contribution in [3.63, 3.8) is 0 Å². The van der Waals surface area contributed by atoms with Crippen molar-refractivity contribution in [2.75, 3.05) is 41.0 Å². The summed E-state index contributed by atoms with van der Waals surface area (Å²) in [5, 5.41) is 0. The predicted molar refractivity (Wildman–Crippen MR) is 133 cm³/mol. The van der Waals surface area contributed by atoms with Crippen LogP contribution in [0.15, 0.2) is 64.1 Å². The van der Waals surface area contributed by atoms with Crippen LogP contribution in [0.3, 0.4) is 0 Å². The van der Waals surface area contributed by atoms with E-state index in [1.807, 2.05) is 62.4 Å². The van der Waals surface area contributed by atoms with Crippen molar-refractivity contribution in [3.8, 4) is 17.1 Å². The second kappa shape index (κ2) is 12.0. The van der Waals surface area contributed by atoms with Crippen LogP contribution in [0.2, 0.25) is 0 Å². The molecule has 0 bridgehead atoms. The molecule has 0 aliphatic carbocycles. The van der Waals surface area contributed by atoms with Gasteiger partial charge < -0.3 is 18.8 Å². The van der Waals surface area contributed by atoms with Crippen LogP contribution < -0.4 is 4.74 Å². The third kappa shape index (κ3) is 6.56. The van der Waals surface area contributed by atoms with Crippen molar-refractivity contribution in [3.05, 3.63) is 71.5 Å². The summed E-state index contributed by atoms with van der Waals surface area (Å²) >= 11 is 0. The van der Waals surface area contributed by atoms with Gasteiger partial charge in [-0.25, -0.2) is 8.51 Å². The number of carbonyl (C=O) groups excluding carboxylic acids is 1. The molecule has 8 heteroatoms. The highest BCUT2D eigenvalue weighted by Crippen LogP contribution is 2.25. The normalized spacial score (nSPS) is 12.1. The Bertz CT molecular complexity index is 1090. The molecular weight excluding hydrogens is 452 g/mol. The minimum atomic E-state index is -1.33. The molecule has 1 heterocycles. The lowest BCUT2D eigenvalue weighted by Gasteiger charge is -2.20. The van der Waals surface area contributed by atoms with E-state index in [4.69, 9.17) is 13.9 Å². The molecule has 34 heavy (non-hydrogen) atoms. The lowest BCUT2D eigenvalue weighted by Crippen LogP contribution is -2.32. The van der Waals surface area contributed by atoms with Crippen molar-refractivity contribution in [2.24, 2.45) is 0 Å². The maximum Gasteiger partial charge on any atom is 0.248 e. The molecule has 7 nitrogen and oxygen atoms in total. The summed E-state index contributed by atoms with van der Waals surface area (Å²) in [7, 11) is 3.82. The molecule has 0 aliphatic rings. The molecule has 3 rings (SSSR count). The van der Waals surface area contributed by atoms with Gasteiger partial charge >= 0.3 is 0 Å². The zero-order valence-corrected chi connectivity index (χ0v) is 21.2. The highest BCUT2D eigenvalue weighted by atomic mass is 32.2. The number of carbonyl (C=O) groups is 1. The summed E-state index contributed by atoms with van der Waals surface area (Å²) in [6, 6.07) is 15.4. The summed E-state index contributed by atoms with van der Waals surface area (Å²) in [6.07, 6.45) is 1.65. The molecule has 1 unspecified atom stereocenters. The lowest BCUT2D eigenvalue weighted by molar-refractivity contribution is -0.135. The zero-order valence-electron chi connectivity index (χ0n) is 20.4. The quantitative estimate of drug-likeness (QED) is 0.382. The summed E-state index contributed by atoms with van der Waals surface area (Å²) in [6.45, 7) is 5.04. The standard InChI is InChI=1S/C26H32N2O5S/c1-19-15-23(31-5)16-20(2)26(19)34(30)28(4)12-14-32-18-25(29)27(3)17-21-8-10-22(11-9-21)24-7-6-13-33-24/h6-11,13,15-16H,12,14,17-18H2,1-5H3. The van der Waals surface area contributed by atoms with Gasteiger partial charge in [0, 0.05) is 32.7 Å². The second-order valence-electron chi connectivity index (χ2n) is 8.17. The van der Waals surface area contributed by atoms with Crippen molar-refractivity contribution < 1.29 is 22.9 Å². The van der Waals surface area contributed by atoms with Crippen molar-refractivity contribution in [2.45, 2.75) is 25.3 Å². The van der Waals surface area contributed by atoms with Gasteiger partial charge in [-0.3, -0.25) is 4.79 Å². The van der Waals surface area contributed by atoms with Crippen LogP contribution in [0.1, 0.15) is 16.7 Å². The van der Waals surface area contributed by atoms with Crippen molar-refractivity contribution in [1.82, 2.24) is 9.21 Å². The Labute approximate surface area is 203 Å². The molecular formula is C26H32N2O5S. The van der Waals surface area contributed by atoms with Crippen LogP contribution in [0.5, 0.6) is 5.75 Å². The highest BCUT2D eigenvalue weighted by molar-refractivity contribution is 7.82. The topological polar surface area (TPSA) is 72.2 Å².